The molecular formula is C37H22N2O. The molecule has 0 saturated carbocycles. The quantitative estimate of drug-likeness (QED) is 0.237. The van der Waals surface area contributed by atoms with Crippen LogP contribution in [0.4, 0.5) is 0 Å². The number of benzene rings is 6. The van der Waals surface area contributed by atoms with Crippen LogP contribution in [0.25, 0.3) is 71.7 Å². The molecule has 3 nitrogen and oxygen atoms in total. The molecule has 0 fully saturated rings. The summed E-state index contributed by atoms with van der Waals surface area (Å²) in [5, 5.41) is 14.5. The van der Waals surface area contributed by atoms with Crippen molar-refractivity contribution in [2.75, 3.05) is 0 Å². The van der Waals surface area contributed by atoms with Gasteiger partial charge in [-0.2, -0.15) is 5.26 Å². The van der Waals surface area contributed by atoms with Gasteiger partial charge in [0, 0.05) is 27.1 Å². The van der Waals surface area contributed by atoms with Crippen LogP contribution >= 0.6 is 0 Å². The summed E-state index contributed by atoms with van der Waals surface area (Å²) in [6, 6.07) is 48.4. The van der Waals surface area contributed by atoms with Crippen molar-refractivity contribution in [1.29, 1.82) is 5.26 Å². The van der Waals surface area contributed by atoms with E-state index in [1.54, 1.807) is 0 Å². The van der Waals surface area contributed by atoms with Gasteiger partial charge < -0.3 is 8.98 Å². The van der Waals surface area contributed by atoms with Crippen molar-refractivity contribution < 1.29 is 4.42 Å². The third-order valence-electron chi connectivity index (χ3n) is 7.85. The molecule has 6 aromatic carbocycles. The van der Waals surface area contributed by atoms with Crippen LogP contribution < -0.4 is 0 Å². The highest BCUT2D eigenvalue weighted by atomic mass is 16.3. The van der Waals surface area contributed by atoms with Gasteiger partial charge in [-0.1, -0.05) is 84.9 Å². The van der Waals surface area contributed by atoms with E-state index in [9.17, 15) is 5.26 Å². The van der Waals surface area contributed by atoms with Crippen molar-refractivity contribution in [3.8, 4) is 34.0 Å². The Morgan fingerprint density at radius 1 is 0.500 bits per heavy atom. The predicted octanol–water partition coefficient (Wildman–Crippen LogP) is 9.89. The first kappa shape index (κ1) is 22.4. The molecule has 0 amide bonds. The first-order valence-electron chi connectivity index (χ1n) is 13.3. The first-order valence-corrected chi connectivity index (χ1v) is 13.3. The largest absolute Gasteiger partial charge is 0.456 e. The van der Waals surface area contributed by atoms with E-state index in [4.69, 9.17) is 4.42 Å². The summed E-state index contributed by atoms with van der Waals surface area (Å²) < 4.78 is 8.42. The van der Waals surface area contributed by atoms with Crippen LogP contribution in [0.1, 0.15) is 5.56 Å². The lowest BCUT2D eigenvalue weighted by atomic mass is 9.92. The number of nitrogens with zero attached hydrogens (tertiary/aromatic N) is 2. The fourth-order valence-electron chi connectivity index (χ4n) is 6.06. The van der Waals surface area contributed by atoms with Crippen LogP contribution in [-0.2, 0) is 0 Å². The number of para-hydroxylation sites is 3. The molecular weight excluding hydrogens is 488 g/mol. The monoisotopic (exact) mass is 510 g/mol. The minimum atomic E-state index is 0.630. The molecule has 0 aliphatic heterocycles. The second kappa shape index (κ2) is 8.73. The highest BCUT2D eigenvalue weighted by Crippen LogP contribution is 2.41. The molecule has 40 heavy (non-hydrogen) atoms. The van der Waals surface area contributed by atoms with Gasteiger partial charge in [0.05, 0.1) is 28.4 Å². The van der Waals surface area contributed by atoms with Crippen molar-refractivity contribution in [2.45, 2.75) is 0 Å². The van der Waals surface area contributed by atoms with Crippen molar-refractivity contribution in [3.63, 3.8) is 0 Å². The number of hydrogen-bond donors (Lipinski definition) is 0. The summed E-state index contributed by atoms with van der Waals surface area (Å²) in [6.45, 7) is 0. The minimum Gasteiger partial charge on any atom is -0.456 e. The van der Waals surface area contributed by atoms with Gasteiger partial charge in [-0.3, -0.25) is 0 Å². The molecule has 0 N–H and O–H groups in total. The molecule has 0 aliphatic carbocycles. The smallest absolute Gasteiger partial charge is 0.135 e. The van der Waals surface area contributed by atoms with Gasteiger partial charge in [0.25, 0.3) is 0 Å². The van der Waals surface area contributed by atoms with Crippen LogP contribution in [0.15, 0.2) is 138 Å². The fraction of sp³-hybridized carbons (Fsp3) is 0. The molecule has 8 aromatic rings. The van der Waals surface area contributed by atoms with Gasteiger partial charge in [-0.05, 0) is 65.2 Å². The Morgan fingerprint density at radius 2 is 1.12 bits per heavy atom. The van der Waals surface area contributed by atoms with Crippen molar-refractivity contribution in [1.82, 2.24) is 4.57 Å². The number of furan rings is 1. The maximum absolute atomic E-state index is 9.89. The third kappa shape index (κ3) is 3.30. The van der Waals surface area contributed by atoms with Crippen LogP contribution in [0.2, 0.25) is 0 Å². The van der Waals surface area contributed by atoms with Crippen LogP contribution in [0.5, 0.6) is 0 Å². The van der Waals surface area contributed by atoms with Crippen molar-refractivity contribution >= 4 is 43.7 Å². The Labute approximate surface area is 230 Å². The zero-order valence-corrected chi connectivity index (χ0v) is 21.5. The van der Waals surface area contributed by atoms with Crippen molar-refractivity contribution in [2.24, 2.45) is 0 Å². The van der Waals surface area contributed by atoms with Crippen LogP contribution in [0, 0.1) is 11.3 Å². The van der Waals surface area contributed by atoms with Gasteiger partial charge in [0.1, 0.15) is 11.2 Å². The van der Waals surface area contributed by atoms with E-state index >= 15 is 0 Å². The second-order valence-corrected chi connectivity index (χ2v) is 10.1. The maximum atomic E-state index is 9.89. The topological polar surface area (TPSA) is 41.9 Å². The number of hydrogen-bond acceptors (Lipinski definition) is 2. The summed E-state index contributed by atoms with van der Waals surface area (Å²) in [4.78, 5) is 0. The average molecular weight is 511 g/mol. The molecule has 3 heteroatoms. The lowest BCUT2D eigenvalue weighted by molar-refractivity contribution is 0.669. The highest BCUT2D eigenvalue weighted by Gasteiger charge is 2.18. The molecule has 0 unspecified atom stereocenters. The van der Waals surface area contributed by atoms with E-state index < -0.39 is 0 Å². The van der Waals surface area contributed by atoms with Crippen LogP contribution in [0.3, 0.4) is 0 Å². The summed E-state index contributed by atoms with van der Waals surface area (Å²) >= 11 is 0. The lowest BCUT2D eigenvalue weighted by Gasteiger charge is -2.17. The van der Waals surface area contributed by atoms with Gasteiger partial charge in [0.2, 0.25) is 0 Å². The van der Waals surface area contributed by atoms with Crippen LogP contribution in [-0.4, -0.2) is 4.57 Å². The summed E-state index contributed by atoms with van der Waals surface area (Å²) in [5.74, 6) is 0. The zero-order valence-electron chi connectivity index (χ0n) is 21.5. The van der Waals surface area contributed by atoms with Gasteiger partial charge in [-0.15, -0.1) is 0 Å². The Hall–Kier alpha value is -5.59. The predicted molar refractivity (Wildman–Crippen MR) is 164 cm³/mol. The Balaban J connectivity index is 1.42. The Bertz CT molecular complexity index is 2240. The fourth-order valence-corrected chi connectivity index (χ4v) is 6.06. The number of fused-ring (bicyclic) bond motifs is 6. The number of rotatable bonds is 3. The molecule has 186 valence electrons. The summed E-state index contributed by atoms with van der Waals surface area (Å²) in [6.07, 6.45) is 0. The van der Waals surface area contributed by atoms with E-state index in [0.717, 1.165) is 60.9 Å². The van der Waals surface area contributed by atoms with Gasteiger partial charge >= 0.3 is 0 Å². The van der Waals surface area contributed by atoms with E-state index in [2.05, 4.69) is 114 Å². The minimum absolute atomic E-state index is 0.630. The average Bonchev–Trinajstić information content (AvgIpc) is 3.56. The molecule has 2 heterocycles. The second-order valence-electron chi connectivity index (χ2n) is 10.1. The summed E-state index contributed by atoms with van der Waals surface area (Å²) in [7, 11) is 0. The SMILES string of the molecule is N#Cc1ccc(-n2c3ccccc3c3ccccc32)c(-c2ccccc2-c2ccc3oc4ccccc4c3c2)c1. The van der Waals surface area contributed by atoms with E-state index in [1.165, 1.54) is 10.8 Å². The number of nitriles is 1. The normalized spacial score (nSPS) is 11.5. The lowest BCUT2D eigenvalue weighted by Crippen LogP contribution is -1.99. The van der Waals surface area contributed by atoms with Gasteiger partial charge in [-0.25, -0.2) is 0 Å². The zero-order chi connectivity index (χ0) is 26.6. The first-order chi connectivity index (χ1) is 19.8. The molecule has 0 spiro atoms. The van der Waals surface area contributed by atoms with E-state index in [1.807, 2.05) is 30.3 Å². The molecule has 0 radical (unpaired) electrons. The molecule has 8 rings (SSSR count). The molecule has 2 aromatic heterocycles. The third-order valence-corrected chi connectivity index (χ3v) is 7.85. The Kier molecular flexibility index (Phi) is 4.89. The number of aromatic nitrogens is 1. The summed E-state index contributed by atoms with van der Waals surface area (Å²) in [5.41, 5.74) is 10.00. The highest BCUT2D eigenvalue weighted by molar-refractivity contribution is 6.10. The van der Waals surface area contributed by atoms with E-state index in [-0.39, 0.29) is 0 Å². The standard InChI is InChI=1S/C37H22N2O/c38-23-24-17-19-35(39-33-14-6-3-11-28(33)29-12-4-7-15-34(29)39)31(21-24)27-10-2-1-9-26(27)25-18-20-37-32(22-25)30-13-5-8-16-36(30)40-37/h1-22H. The molecule has 0 saturated heterocycles. The Morgan fingerprint density at radius 3 is 1.88 bits per heavy atom. The molecule has 0 atom stereocenters. The van der Waals surface area contributed by atoms with Crippen molar-refractivity contribution in [3.05, 3.63) is 139 Å². The van der Waals surface area contributed by atoms with Gasteiger partial charge in [0.15, 0.2) is 0 Å². The molecule has 0 aliphatic rings. The molecule has 0 bridgehead atoms. The maximum Gasteiger partial charge on any atom is 0.135 e. The van der Waals surface area contributed by atoms with E-state index in [0.29, 0.717) is 5.56 Å².